The summed E-state index contributed by atoms with van der Waals surface area (Å²) < 4.78 is 0. The van der Waals surface area contributed by atoms with Crippen LogP contribution < -0.4 is 5.32 Å². The van der Waals surface area contributed by atoms with E-state index in [1.165, 1.54) is 7.05 Å². The van der Waals surface area contributed by atoms with E-state index in [0.717, 1.165) is 6.29 Å². The van der Waals surface area contributed by atoms with Gasteiger partial charge in [-0.1, -0.05) is 0 Å². The summed E-state index contributed by atoms with van der Waals surface area (Å²) in [5.74, 6) is -0.713. The predicted molar refractivity (Wildman–Crippen MR) is 19.8 cm³/mol. The first-order valence-corrected chi connectivity index (χ1v) is 1.41. The maximum atomic E-state index is 9.65. The lowest BCUT2D eigenvalue weighted by Crippen LogP contribution is -2.17. The van der Waals surface area contributed by atoms with E-state index < -0.39 is 5.91 Å². The maximum absolute atomic E-state index is 9.65. The molecule has 1 radical (unpaired) electrons. The second-order valence-electron chi connectivity index (χ2n) is 0.681. The Morgan fingerprint density at radius 3 is 2.33 bits per heavy atom. The summed E-state index contributed by atoms with van der Waals surface area (Å²) in [5, 5.41) is 2.05. The summed E-state index contributed by atoms with van der Waals surface area (Å²) in [6, 6.07) is 0. The van der Waals surface area contributed by atoms with E-state index in [-0.39, 0.29) is 0 Å². The average Bonchev–Trinajstić information content (AvgIpc) is 1.65. The Morgan fingerprint density at radius 2 is 2.33 bits per heavy atom. The zero-order valence-corrected chi connectivity index (χ0v) is 3.32. The summed E-state index contributed by atoms with van der Waals surface area (Å²) in [6.45, 7) is 0. The smallest absolute Gasteiger partial charge is 0.295 e. The molecule has 0 unspecified atom stereocenters. The van der Waals surface area contributed by atoms with Gasteiger partial charge in [-0.3, -0.25) is 9.59 Å². The molecule has 1 amide bonds. The van der Waals surface area contributed by atoms with Gasteiger partial charge in [0.2, 0.25) is 0 Å². The lowest BCUT2D eigenvalue weighted by atomic mass is 10.7. The summed E-state index contributed by atoms with van der Waals surface area (Å²) in [4.78, 5) is 18.8. The second kappa shape index (κ2) is 2.38. The van der Waals surface area contributed by atoms with Crippen molar-refractivity contribution >= 4 is 12.2 Å². The minimum atomic E-state index is -0.713. The van der Waals surface area contributed by atoms with Crippen molar-refractivity contribution < 1.29 is 9.59 Å². The van der Waals surface area contributed by atoms with Crippen molar-refractivity contribution in [2.45, 2.75) is 0 Å². The van der Waals surface area contributed by atoms with Gasteiger partial charge in [0, 0.05) is 7.05 Å². The van der Waals surface area contributed by atoms with Crippen molar-refractivity contribution in [3.8, 4) is 0 Å². The van der Waals surface area contributed by atoms with Crippen LogP contribution in [-0.2, 0) is 9.59 Å². The van der Waals surface area contributed by atoms with Crippen LogP contribution in [0.3, 0.4) is 0 Å². The first-order chi connectivity index (χ1) is 2.81. The Labute approximate surface area is 35.3 Å². The number of rotatable bonds is 1. The molecular weight excluding hydrogens is 82.0 g/mol. The van der Waals surface area contributed by atoms with Crippen LogP contribution in [0, 0.1) is 0 Å². The highest BCUT2D eigenvalue weighted by Gasteiger charge is 1.87. The van der Waals surface area contributed by atoms with E-state index >= 15 is 0 Å². The van der Waals surface area contributed by atoms with E-state index in [1.807, 2.05) is 0 Å². The van der Waals surface area contributed by atoms with Gasteiger partial charge in [0.15, 0.2) is 0 Å². The Bertz CT molecular complexity index is 69.2. The molecule has 0 atom stereocenters. The average molecular weight is 86.1 g/mol. The summed E-state index contributed by atoms with van der Waals surface area (Å²) in [5.41, 5.74) is 0. The Kier molecular flexibility index (Phi) is 2.04. The fraction of sp³-hybridized carbons (Fsp3) is 0.333. The van der Waals surface area contributed by atoms with Crippen molar-refractivity contribution in [2.24, 2.45) is 0 Å². The van der Waals surface area contributed by atoms with Crippen molar-refractivity contribution in [1.29, 1.82) is 0 Å². The van der Waals surface area contributed by atoms with Gasteiger partial charge in [-0.25, -0.2) is 0 Å². The highest BCUT2D eigenvalue weighted by molar-refractivity contribution is 6.23. The molecule has 33 valence electrons. The molecule has 1 N–H and O–H groups in total. The van der Waals surface area contributed by atoms with Gasteiger partial charge < -0.3 is 5.32 Å². The molecule has 0 aromatic rings. The van der Waals surface area contributed by atoms with E-state index in [4.69, 9.17) is 0 Å². The molecule has 0 aromatic carbocycles. The molecule has 0 spiro atoms. The molecular formula is C3H4NO2. The van der Waals surface area contributed by atoms with Gasteiger partial charge in [0.25, 0.3) is 12.2 Å². The molecule has 0 aliphatic rings. The molecule has 3 nitrogen and oxygen atoms in total. The molecule has 0 heterocycles. The van der Waals surface area contributed by atoms with Crippen LogP contribution in [0.25, 0.3) is 0 Å². The van der Waals surface area contributed by atoms with Gasteiger partial charge in [0.1, 0.15) is 0 Å². The standard InChI is InChI=1S/C3H4NO2/c1-4-3(6)2-5/h1H3,(H,4,6). The third-order valence-corrected chi connectivity index (χ3v) is 0.320. The molecule has 0 fully saturated rings. The van der Waals surface area contributed by atoms with Crippen LogP contribution in [0.15, 0.2) is 0 Å². The predicted octanol–water partition coefficient (Wildman–Crippen LogP) is -1.16. The molecule has 0 rings (SSSR count). The molecule has 0 saturated heterocycles. The van der Waals surface area contributed by atoms with Crippen molar-refractivity contribution in [1.82, 2.24) is 5.32 Å². The first kappa shape index (κ1) is 5.14. The van der Waals surface area contributed by atoms with Crippen LogP contribution >= 0.6 is 0 Å². The third-order valence-electron chi connectivity index (χ3n) is 0.320. The van der Waals surface area contributed by atoms with Gasteiger partial charge >= 0.3 is 0 Å². The fourth-order valence-corrected chi connectivity index (χ4v) is 0.0510. The van der Waals surface area contributed by atoms with Gasteiger partial charge in [-0.15, -0.1) is 0 Å². The molecule has 6 heavy (non-hydrogen) atoms. The molecule has 0 bridgehead atoms. The lowest BCUT2D eigenvalue weighted by Gasteiger charge is -1.77. The van der Waals surface area contributed by atoms with Crippen molar-refractivity contribution in [2.75, 3.05) is 7.05 Å². The van der Waals surface area contributed by atoms with Crippen molar-refractivity contribution in [3.05, 3.63) is 0 Å². The number of hydrogen-bond donors (Lipinski definition) is 1. The van der Waals surface area contributed by atoms with Gasteiger partial charge in [0.05, 0.1) is 0 Å². The zero-order chi connectivity index (χ0) is 4.99. The fourth-order valence-electron chi connectivity index (χ4n) is 0.0510. The number of carbonyl (C=O) groups is 1. The largest absolute Gasteiger partial charge is 0.352 e. The monoisotopic (exact) mass is 86.0 g/mol. The topological polar surface area (TPSA) is 46.2 Å². The van der Waals surface area contributed by atoms with E-state index in [0.29, 0.717) is 0 Å². The van der Waals surface area contributed by atoms with Crippen LogP contribution in [0.4, 0.5) is 0 Å². The first-order valence-electron chi connectivity index (χ1n) is 1.41. The quantitative estimate of drug-likeness (QED) is 0.409. The Hall–Kier alpha value is -0.860. The Morgan fingerprint density at radius 1 is 1.83 bits per heavy atom. The number of likely N-dealkylation sites (N-methyl/N-ethyl adjacent to an activating group) is 1. The van der Waals surface area contributed by atoms with Gasteiger partial charge in [-0.05, 0) is 0 Å². The third kappa shape index (κ3) is 1.46. The van der Waals surface area contributed by atoms with E-state index in [2.05, 4.69) is 5.32 Å². The number of carbonyl (C=O) groups excluding carboxylic acids is 2. The molecule has 0 aromatic heterocycles. The minimum Gasteiger partial charge on any atom is -0.352 e. The minimum absolute atomic E-state index is 0.713. The highest BCUT2D eigenvalue weighted by Crippen LogP contribution is 1.43. The van der Waals surface area contributed by atoms with Crippen LogP contribution in [-0.4, -0.2) is 19.2 Å². The SMILES string of the molecule is CNC(=O)[C]=O. The maximum Gasteiger partial charge on any atom is 0.295 e. The van der Waals surface area contributed by atoms with Crippen LogP contribution in [0.2, 0.25) is 0 Å². The van der Waals surface area contributed by atoms with Crippen LogP contribution in [0.5, 0.6) is 0 Å². The molecule has 0 aliphatic carbocycles. The normalized spacial score (nSPS) is 6.83. The Balaban J connectivity index is 3.23. The summed E-state index contributed by atoms with van der Waals surface area (Å²) in [6.07, 6.45) is 1.11. The number of amides is 1. The van der Waals surface area contributed by atoms with Crippen LogP contribution in [0.1, 0.15) is 0 Å². The van der Waals surface area contributed by atoms with Gasteiger partial charge in [-0.2, -0.15) is 0 Å². The number of nitrogens with one attached hydrogen (secondary N) is 1. The summed E-state index contributed by atoms with van der Waals surface area (Å²) >= 11 is 0. The van der Waals surface area contributed by atoms with E-state index in [9.17, 15) is 9.59 Å². The molecule has 0 aliphatic heterocycles. The zero-order valence-electron chi connectivity index (χ0n) is 3.32. The molecule has 3 heteroatoms. The number of hydrogen-bond acceptors (Lipinski definition) is 2. The second-order valence-corrected chi connectivity index (χ2v) is 0.681. The molecule has 0 saturated carbocycles. The highest BCUT2D eigenvalue weighted by atomic mass is 16.2. The van der Waals surface area contributed by atoms with E-state index in [1.54, 1.807) is 0 Å². The van der Waals surface area contributed by atoms with Crippen molar-refractivity contribution in [3.63, 3.8) is 0 Å². The summed E-state index contributed by atoms with van der Waals surface area (Å²) in [7, 11) is 1.37. The lowest BCUT2D eigenvalue weighted by molar-refractivity contribution is -0.114.